The standard InChI is InChI=1S/C18H15F2N5O2/c1-25-16(4-7-22-25)24-18(27)12-9-15(14(20)10-13(12)19)23-17(26)8-11-2-5-21-6-3-11/h2-7,9-10H,8H2,1H3,(H,23,26)(H,24,27). The monoisotopic (exact) mass is 371 g/mol. The number of rotatable bonds is 5. The molecule has 0 fully saturated rings. The number of amides is 2. The number of nitrogens with zero attached hydrogens (tertiary/aromatic N) is 3. The summed E-state index contributed by atoms with van der Waals surface area (Å²) in [6.45, 7) is 0. The van der Waals surface area contributed by atoms with E-state index in [4.69, 9.17) is 0 Å². The van der Waals surface area contributed by atoms with Crippen LogP contribution in [-0.2, 0) is 18.3 Å². The predicted molar refractivity (Wildman–Crippen MR) is 94.1 cm³/mol. The van der Waals surface area contributed by atoms with Gasteiger partial charge in [-0.2, -0.15) is 5.10 Å². The minimum Gasteiger partial charge on any atom is -0.323 e. The van der Waals surface area contributed by atoms with Crippen LogP contribution < -0.4 is 10.6 Å². The molecule has 2 heterocycles. The molecule has 0 bridgehead atoms. The van der Waals surface area contributed by atoms with Crippen molar-refractivity contribution in [2.75, 3.05) is 10.6 Å². The van der Waals surface area contributed by atoms with Gasteiger partial charge in [0.1, 0.15) is 17.5 Å². The second-order valence-electron chi connectivity index (χ2n) is 5.69. The van der Waals surface area contributed by atoms with Gasteiger partial charge in [0.15, 0.2) is 0 Å². The van der Waals surface area contributed by atoms with Gasteiger partial charge in [-0.05, 0) is 23.8 Å². The van der Waals surface area contributed by atoms with Gasteiger partial charge in [-0.3, -0.25) is 19.3 Å². The predicted octanol–water partition coefficient (Wildman–Crippen LogP) is 2.53. The lowest BCUT2D eigenvalue weighted by Crippen LogP contribution is -2.19. The summed E-state index contributed by atoms with van der Waals surface area (Å²) in [6, 6.07) is 6.33. The van der Waals surface area contributed by atoms with Gasteiger partial charge in [-0.15, -0.1) is 0 Å². The molecule has 7 nitrogen and oxygen atoms in total. The molecule has 0 spiro atoms. The van der Waals surface area contributed by atoms with E-state index in [1.165, 1.54) is 29.3 Å². The van der Waals surface area contributed by atoms with Crippen LogP contribution in [0, 0.1) is 11.6 Å². The minimum atomic E-state index is -1.04. The number of aryl methyl sites for hydroxylation is 1. The molecule has 0 aliphatic heterocycles. The number of carbonyl (C=O) groups is 2. The maximum atomic E-state index is 14.1. The summed E-state index contributed by atoms with van der Waals surface area (Å²) in [5.41, 5.74) is -0.0124. The Bertz CT molecular complexity index is 989. The van der Waals surface area contributed by atoms with Crippen LogP contribution in [-0.4, -0.2) is 26.6 Å². The van der Waals surface area contributed by atoms with Crippen molar-refractivity contribution >= 4 is 23.3 Å². The van der Waals surface area contributed by atoms with Crippen LogP contribution in [0.3, 0.4) is 0 Å². The van der Waals surface area contributed by atoms with Crippen molar-refractivity contribution in [1.29, 1.82) is 0 Å². The topological polar surface area (TPSA) is 88.9 Å². The molecule has 2 N–H and O–H groups in total. The zero-order chi connectivity index (χ0) is 19.4. The second kappa shape index (κ2) is 7.73. The Hall–Kier alpha value is -3.62. The van der Waals surface area contributed by atoms with E-state index in [1.54, 1.807) is 19.2 Å². The molecule has 1 aromatic carbocycles. The zero-order valence-corrected chi connectivity index (χ0v) is 14.2. The van der Waals surface area contributed by atoms with Gasteiger partial charge in [0.2, 0.25) is 5.91 Å². The molecule has 0 unspecified atom stereocenters. The Kier molecular flexibility index (Phi) is 5.20. The summed E-state index contributed by atoms with van der Waals surface area (Å²) in [7, 11) is 1.60. The molecule has 0 atom stereocenters. The van der Waals surface area contributed by atoms with Crippen molar-refractivity contribution in [3.05, 3.63) is 71.7 Å². The number of hydrogen-bond donors (Lipinski definition) is 2. The number of carbonyl (C=O) groups excluding carboxylic acids is 2. The van der Waals surface area contributed by atoms with Crippen molar-refractivity contribution in [3.8, 4) is 0 Å². The molecule has 2 aromatic heterocycles. The molecule has 3 aromatic rings. The van der Waals surface area contributed by atoms with Crippen molar-refractivity contribution in [2.45, 2.75) is 6.42 Å². The van der Waals surface area contributed by atoms with Crippen molar-refractivity contribution in [1.82, 2.24) is 14.8 Å². The van der Waals surface area contributed by atoms with Crippen LogP contribution in [0.5, 0.6) is 0 Å². The SMILES string of the molecule is Cn1nccc1NC(=O)c1cc(NC(=O)Cc2ccncc2)c(F)cc1F. The second-order valence-corrected chi connectivity index (χ2v) is 5.69. The maximum Gasteiger partial charge on any atom is 0.259 e. The van der Waals surface area contributed by atoms with Gasteiger partial charge < -0.3 is 10.6 Å². The van der Waals surface area contributed by atoms with E-state index in [9.17, 15) is 18.4 Å². The fourth-order valence-corrected chi connectivity index (χ4v) is 2.38. The van der Waals surface area contributed by atoms with Crippen molar-refractivity contribution < 1.29 is 18.4 Å². The quantitative estimate of drug-likeness (QED) is 0.721. The number of benzene rings is 1. The number of pyridine rings is 1. The van der Waals surface area contributed by atoms with Gasteiger partial charge in [0.05, 0.1) is 23.9 Å². The Labute approximate surface area is 153 Å². The molecule has 2 amide bonds. The van der Waals surface area contributed by atoms with Gasteiger partial charge in [0.25, 0.3) is 5.91 Å². The molecule has 0 aliphatic rings. The Morgan fingerprint density at radius 2 is 1.78 bits per heavy atom. The fourth-order valence-electron chi connectivity index (χ4n) is 2.38. The molecule has 0 radical (unpaired) electrons. The third-order valence-corrected chi connectivity index (χ3v) is 3.75. The number of hydrogen-bond acceptors (Lipinski definition) is 4. The summed E-state index contributed by atoms with van der Waals surface area (Å²) in [6.07, 6.45) is 4.50. The summed E-state index contributed by atoms with van der Waals surface area (Å²) in [4.78, 5) is 28.2. The highest BCUT2D eigenvalue weighted by atomic mass is 19.1. The first-order valence-electron chi connectivity index (χ1n) is 7.91. The van der Waals surface area contributed by atoms with Gasteiger partial charge in [-0.25, -0.2) is 8.78 Å². The van der Waals surface area contributed by atoms with E-state index < -0.39 is 29.0 Å². The summed E-state index contributed by atoms with van der Waals surface area (Å²) >= 11 is 0. The number of aromatic nitrogens is 3. The first kappa shape index (κ1) is 18.2. The molecule has 138 valence electrons. The van der Waals surface area contributed by atoms with Crippen LogP contribution in [0.4, 0.5) is 20.3 Å². The molecule has 3 rings (SSSR count). The highest BCUT2D eigenvalue weighted by Crippen LogP contribution is 2.21. The highest BCUT2D eigenvalue weighted by molar-refractivity contribution is 6.05. The normalized spacial score (nSPS) is 10.5. The first-order valence-corrected chi connectivity index (χ1v) is 7.91. The van der Waals surface area contributed by atoms with Crippen LogP contribution in [0.25, 0.3) is 0 Å². The fraction of sp³-hybridized carbons (Fsp3) is 0.111. The lowest BCUT2D eigenvalue weighted by Gasteiger charge is -2.11. The average Bonchev–Trinajstić information content (AvgIpc) is 3.02. The Balaban J connectivity index is 1.78. The average molecular weight is 371 g/mol. The summed E-state index contributed by atoms with van der Waals surface area (Å²) in [5, 5.41) is 8.70. The summed E-state index contributed by atoms with van der Waals surface area (Å²) < 4.78 is 29.5. The molecular weight excluding hydrogens is 356 g/mol. The lowest BCUT2D eigenvalue weighted by atomic mass is 10.1. The molecule has 0 saturated heterocycles. The lowest BCUT2D eigenvalue weighted by molar-refractivity contribution is -0.115. The van der Waals surface area contributed by atoms with Crippen molar-refractivity contribution in [2.24, 2.45) is 7.05 Å². The molecule has 9 heteroatoms. The third-order valence-electron chi connectivity index (χ3n) is 3.75. The van der Waals surface area contributed by atoms with Gasteiger partial charge in [-0.1, -0.05) is 0 Å². The van der Waals surface area contributed by atoms with E-state index in [1.807, 2.05) is 0 Å². The van der Waals surface area contributed by atoms with Crippen molar-refractivity contribution in [3.63, 3.8) is 0 Å². The van der Waals surface area contributed by atoms with Gasteiger partial charge >= 0.3 is 0 Å². The van der Waals surface area contributed by atoms with E-state index in [2.05, 4.69) is 20.7 Å². The molecule has 0 aliphatic carbocycles. The highest BCUT2D eigenvalue weighted by Gasteiger charge is 2.18. The Morgan fingerprint density at radius 3 is 2.44 bits per heavy atom. The third kappa shape index (κ3) is 4.32. The number of nitrogens with one attached hydrogen (secondary N) is 2. The van der Waals surface area contributed by atoms with E-state index in [-0.39, 0.29) is 12.1 Å². The van der Waals surface area contributed by atoms with E-state index in [0.29, 0.717) is 17.4 Å². The number of halogens is 2. The molecule has 27 heavy (non-hydrogen) atoms. The molecular formula is C18H15F2N5O2. The largest absolute Gasteiger partial charge is 0.323 e. The first-order chi connectivity index (χ1) is 12.9. The Morgan fingerprint density at radius 1 is 1.04 bits per heavy atom. The number of anilines is 2. The van der Waals surface area contributed by atoms with Crippen LogP contribution in [0.15, 0.2) is 48.9 Å². The van der Waals surface area contributed by atoms with Crippen LogP contribution >= 0.6 is 0 Å². The van der Waals surface area contributed by atoms with Crippen LogP contribution in [0.2, 0.25) is 0 Å². The summed E-state index contributed by atoms with van der Waals surface area (Å²) in [5.74, 6) is -2.98. The minimum absolute atomic E-state index is 0.0180. The molecule has 0 saturated carbocycles. The van der Waals surface area contributed by atoms with E-state index in [0.717, 1.165) is 6.07 Å². The van der Waals surface area contributed by atoms with E-state index >= 15 is 0 Å². The zero-order valence-electron chi connectivity index (χ0n) is 14.2. The van der Waals surface area contributed by atoms with Gasteiger partial charge in [0, 0.05) is 31.6 Å². The maximum absolute atomic E-state index is 14.1. The van der Waals surface area contributed by atoms with Crippen LogP contribution in [0.1, 0.15) is 15.9 Å². The smallest absolute Gasteiger partial charge is 0.259 e.